The van der Waals surface area contributed by atoms with E-state index in [1.807, 2.05) is 0 Å². The maximum atomic E-state index is 3.55. The van der Waals surface area contributed by atoms with E-state index in [1.165, 1.54) is 36.8 Å². The molecule has 0 bridgehead atoms. The predicted octanol–water partition coefficient (Wildman–Crippen LogP) is 3.71. The van der Waals surface area contributed by atoms with Gasteiger partial charge in [0, 0.05) is 6.04 Å². The number of nitrogens with one attached hydrogen (secondary N) is 1. The van der Waals surface area contributed by atoms with E-state index >= 15 is 0 Å². The van der Waals surface area contributed by atoms with Gasteiger partial charge in [-0.15, -0.1) is 0 Å². The van der Waals surface area contributed by atoms with Crippen molar-refractivity contribution in [2.45, 2.75) is 52.0 Å². The lowest BCUT2D eigenvalue weighted by molar-refractivity contribution is 0.229. The Kier molecular flexibility index (Phi) is 3.88. The zero-order valence-electron chi connectivity index (χ0n) is 11.4. The van der Waals surface area contributed by atoms with Gasteiger partial charge in [-0.05, 0) is 44.2 Å². The van der Waals surface area contributed by atoms with Crippen LogP contribution in [0.2, 0.25) is 0 Å². The van der Waals surface area contributed by atoms with Gasteiger partial charge in [0.1, 0.15) is 0 Å². The van der Waals surface area contributed by atoms with E-state index in [0.717, 1.165) is 6.42 Å². The molecule has 1 atom stereocenters. The number of hydrogen-bond acceptors (Lipinski definition) is 1. The zero-order valence-corrected chi connectivity index (χ0v) is 11.4. The molecule has 1 aliphatic rings. The number of likely N-dealkylation sites (N-methyl/N-ethyl adjacent to an activating group) is 1. The van der Waals surface area contributed by atoms with Crippen LogP contribution < -0.4 is 5.32 Å². The minimum atomic E-state index is 0.500. The standard InChI is InChI=1S/C16H25N/c1-13-6-8-14(9-7-13)12-15(17-3)16(2)10-4-5-11-16/h6-9,15,17H,4-5,10-12H2,1-3H3. The topological polar surface area (TPSA) is 12.0 Å². The van der Waals surface area contributed by atoms with Crippen LogP contribution in [0.1, 0.15) is 43.7 Å². The first kappa shape index (κ1) is 12.6. The molecule has 0 radical (unpaired) electrons. The molecule has 1 saturated carbocycles. The molecule has 1 heteroatoms. The average Bonchev–Trinajstić information content (AvgIpc) is 2.76. The van der Waals surface area contributed by atoms with Crippen LogP contribution in [0.4, 0.5) is 0 Å². The average molecular weight is 231 g/mol. The van der Waals surface area contributed by atoms with Crippen molar-refractivity contribution in [3.05, 3.63) is 35.4 Å². The first-order valence-corrected chi connectivity index (χ1v) is 6.87. The normalized spacial score (nSPS) is 20.4. The lowest BCUT2D eigenvalue weighted by Gasteiger charge is -2.34. The molecule has 94 valence electrons. The molecule has 1 aliphatic carbocycles. The zero-order chi connectivity index (χ0) is 12.3. The van der Waals surface area contributed by atoms with Gasteiger partial charge in [0.05, 0.1) is 0 Å². The van der Waals surface area contributed by atoms with Crippen LogP contribution in [0.3, 0.4) is 0 Å². The third-order valence-electron chi connectivity index (χ3n) is 4.50. The Balaban J connectivity index is 2.06. The van der Waals surface area contributed by atoms with Gasteiger partial charge in [0.25, 0.3) is 0 Å². The van der Waals surface area contributed by atoms with E-state index in [-0.39, 0.29) is 0 Å². The van der Waals surface area contributed by atoms with Crippen molar-refractivity contribution in [2.75, 3.05) is 7.05 Å². The van der Waals surface area contributed by atoms with E-state index < -0.39 is 0 Å². The Morgan fingerprint density at radius 2 is 1.76 bits per heavy atom. The van der Waals surface area contributed by atoms with E-state index in [4.69, 9.17) is 0 Å². The minimum absolute atomic E-state index is 0.500. The van der Waals surface area contributed by atoms with Crippen molar-refractivity contribution in [3.8, 4) is 0 Å². The maximum absolute atomic E-state index is 3.55. The van der Waals surface area contributed by atoms with Crippen LogP contribution in [0.5, 0.6) is 0 Å². The first-order chi connectivity index (χ1) is 8.14. The van der Waals surface area contributed by atoms with Crippen LogP contribution in [-0.4, -0.2) is 13.1 Å². The number of aryl methyl sites for hydroxylation is 1. The molecule has 1 aromatic carbocycles. The molecule has 0 heterocycles. The van der Waals surface area contributed by atoms with Crippen LogP contribution in [-0.2, 0) is 6.42 Å². The highest BCUT2D eigenvalue weighted by atomic mass is 14.9. The second-order valence-corrected chi connectivity index (χ2v) is 5.89. The fraction of sp³-hybridized carbons (Fsp3) is 0.625. The van der Waals surface area contributed by atoms with E-state index in [2.05, 4.69) is 50.5 Å². The van der Waals surface area contributed by atoms with Gasteiger partial charge >= 0.3 is 0 Å². The molecule has 0 aliphatic heterocycles. The van der Waals surface area contributed by atoms with Crippen LogP contribution >= 0.6 is 0 Å². The Hall–Kier alpha value is -0.820. The number of benzene rings is 1. The maximum Gasteiger partial charge on any atom is 0.0158 e. The number of hydrogen-bond donors (Lipinski definition) is 1. The van der Waals surface area contributed by atoms with Crippen molar-refractivity contribution in [1.29, 1.82) is 0 Å². The first-order valence-electron chi connectivity index (χ1n) is 6.87. The van der Waals surface area contributed by atoms with Gasteiger partial charge in [-0.3, -0.25) is 0 Å². The highest BCUT2D eigenvalue weighted by Gasteiger charge is 2.35. The molecule has 1 aromatic rings. The van der Waals surface area contributed by atoms with Crippen molar-refractivity contribution in [3.63, 3.8) is 0 Å². The van der Waals surface area contributed by atoms with Gasteiger partial charge in [-0.2, -0.15) is 0 Å². The smallest absolute Gasteiger partial charge is 0.0158 e. The van der Waals surface area contributed by atoms with Gasteiger partial charge in [0.15, 0.2) is 0 Å². The van der Waals surface area contributed by atoms with Crippen LogP contribution in [0.25, 0.3) is 0 Å². The van der Waals surface area contributed by atoms with Gasteiger partial charge in [-0.1, -0.05) is 49.6 Å². The Morgan fingerprint density at radius 3 is 2.29 bits per heavy atom. The monoisotopic (exact) mass is 231 g/mol. The molecular weight excluding hydrogens is 206 g/mol. The Bertz CT molecular complexity index is 346. The Morgan fingerprint density at radius 1 is 1.18 bits per heavy atom. The minimum Gasteiger partial charge on any atom is -0.316 e. The fourth-order valence-corrected chi connectivity index (χ4v) is 3.19. The lowest BCUT2D eigenvalue weighted by atomic mass is 9.78. The predicted molar refractivity (Wildman–Crippen MR) is 74.3 cm³/mol. The molecule has 2 rings (SSSR count). The summed E-state index contributed by atoms with van der Waals surface area (Å²) in [7, 11) is 2.11. The van der Waals surface area contributed by atoms with Crippen molar-refractivity contribution < 1.29 is 0 Å². The highest BCUT2D eigenvalue weighted by Crippen LogP contribution is 2.41. The molecule has 0 amide bonds. The molecule has 0 saturated heterocycles. The molecular formula is C16H25N. The Labute approximate surface area is 106 Å². The summed E-state index contributed by atoms with van der Waals surface area (Å²) in [5.74, 6) is 0. The quantitative estimate of drug-likeness (QED) is 0.833. The summed E-state index contributed by atoms with van der Waals surface area (Å²) in [5, 5.41) is 3.55. The molecule has 1 nitrogen and oxygen atoms in total. The van der Waals surface area contributed by atoms with E-state index in [0.29, 0.717) is 11.5 Å². The summed E-state index contributed by atoms with van der Waals surface area (Å²) in [4.78, 5) is 0. The largest absolute Gasteiger partial charge is 0.316 e. The summed E-state index contributed by atoms with van der Waals surface area (Å²) in [5.41, 5.74) is 3.31. The lowest BCUT2D eigenvalue weighted by Crippen LogP contribution is -2.41. The molecule has 1 fully saturated rings. The van der Waals surface area contributed by atoms with Crippen molar-refractivity contribution in [2.24, 2.45) is 5.41 Å². The third kappa shape index (κ3) is 2.90. The molecule has 0 aromatic heterocycles. The van der Waals surface area contributed by atoms with Gasteiger partial charge in [0.2, 0.25) is 0 Å². The third-order valence-corrected chi connectivity index (χ3v) is 4.50. The summed E-state index contributed by atoms with van der Waals surface area (Å²) in [6, 6.07) is 9.61. The van der Waals surface area contributed by atoms with Gasteiger partial charge in [-0.25, -0.2) is 0 Å². The molecule has 0 spiro atoms. The van der Waals surface area contributed by atoms with Crippen molar-refractivity contribution in [1.82, 2.24) is 5.32 Å². The van der Waals surface area contributed by atoms with E-state index in [1.54, 1.807) is 0 Å². The summed E-state index contributed by atoms with van der Waals surface area (Å²) in [6.45, 7) is 4.60. The molecule has 1 unspecified atom stereocenters. The molecule has 1 N–H and O–H groups in total. The van der Waals surface area contributed by atoms with E-state index in [9.17, 15) is 0 Å². The fourth-order valence-electron chi connectivity index (χ4n) is 3.19. The van der Waals surface area contributed by atoms with Crippen LogP contribution in [0, 0.1) is 12.3 Å². The summed E-state index contributed by atoms with van der Waals surface area (Å²) < 4.78 is 0. The SMILES string of the molecule is CNC(Cc1ccc(C)cc1)C1(C)CCCC1. The highest BCUT2D eigenvalue weighted by molar-refractivity contribution is 5.22. The summed E-state index contributed by atoms with van der Waals surface area (Å²) in [6.07, 6.45) is 6.73. The molecule has 17 heavy (non-hydrogen) atoms. The second kappa shape index (κ2) is 5.22. The van der Waals surface area contributed by atoms with Crippen molar-refractivity contribution >= 4 is 0 Å². The summed E-state index contributed by atoms with van der Waals surface area (Å²) >= 11 is 0. The second-order valence-electron chi connectivity index (χ2n) is 5.89. The number of rotatable bonds is 4. The van der Waals surface area contributed by atoms with Crippen LogP contribution in [0.15, 0.2) is 24.3 Å². The van der Waals surface area contributed by atoms with Gasteiger partial charge < -0.3 is 5.32 Å².